The first-order chi connectivity index (χ1) is 18.6. The Balaban J connectivity index is 0.00000370. The number of anilines is 1. The number of carbonyl (C=O) groups is 1. The van der Waals surface area contributed by atoms with Gasteiger partial charge in [0, 0.05) is 44.9 Å². The van der Waals surface area contributed by atoms with Crippen molar-refractivity contribution in [1.82, 2.24) is 24.6 Å². The second-order valence-electron chi connectivity index (χ2n) is 9.06. The first-order valence-electron chi connectivity index (χ1n) is 11.7. The molecule has 13 heteroatoms. The number of carbonyl (C=O) groups excluding carboxylic acids is 1. The van der Waals surface area contributed by atoms with Crippen molar-refractivity contribution in [2.45, 2.75) is 19.9 Å². The van der Waals surface area contributed by atoms with Gasteiger partial charge in [-0.3, -0.25) is 4.79 Å². The molecule has 210 valence electrons. The summed E-state index contributed by atoms with van der Waals surface area (Å²) in [7, 11) is 3.49. The number of halogens is 5. The van der Waals surface area contributed by atoms with Crippen LogP contribution in [0.4, 0.5) is 27.8 Å². The van der Waals surface area contributed by atoms with E-state index in [4.69, 9.17) is 4.74 Å². The fraction of sp³-hybridized carbons (Fsp3) is 0.259. The standard InChI is InChI=1S/C26H21F5N6O2.CH4/c1-4-19(38)36-8-7-13(11-36)37-26-20(25(35(2)3)32-12-33-26)23(34-37)15-6-5-14(9-16(15)27)39-24-21(30)17(28)10-18(29)22(24)31;/h4-6,9-10,12-13H,1,7-8,11H2,2-3H3;1H4/t13-;/m0./s1. The molecule has 2 aromatic heterocycles. The van der Waals surface area contributed by atoms with Gasteiger partial charge >= 0.3 is 0 Å². The smallest absolute Gasteiger partial charge is 0.246 e. The molecular weight excluding hydrogens is 535 g/mol. The average Bonchev–Trinajstić information content (AvgIpc) is 3.55. The lowest BCUT2D eigenvalue weighted by atomic mass is 10.1. The maximum Gasteiger partial charge on any atom is 0.246 e. The van der Waals surface area contributed by atoms with Crippen LogP contribution >= 0.6 is 0 Å². The summed E-state index contributed by atoms with van der Waals surface area (Å²) in [6.07, 6.45) is 3.17. The molecule has 0 aliphatic carbocycles. The van der Waals surface area contributed by atoms with Gasteiger partial charge < -0.3 is 14.5 Å². The number of nitrogens with zero attached hydrogens (tertiary/aromatic N) is 6. The summed E-state index contributed by atoms with van der Waals surface area (Å²) in [6.45, 7) is 4.34. The number of fused-ring (bicyclic) bond motifs is 1. The van der Waals surface area contributed by atoms with E-state index in [1.807, 2.05) is 0 Å². The van der Waals surface area contributed by atoms with Crippen LogP contribution < -0.4 is 9.64 Å². The van der Waals surface area contributed by atoms with Crippen LogP contribution in [0.15, 0.2) is 43.2 Å². The highest BCUT2D eigenvalue weighted by molar-refractivity contribution is 5.99. The summed E-state index contributed by atoms with van der Waals surface area (Å²) in [6, 6.07) is 3.06. The van der Waals surface area contributed by atoms with Crippen molar-refractivity contribution in [3.63, 3.8) is 0 Å². The van der Waals surface area contributed by atoms with Gasteiger partial charge in [0.1, 0.15) is 29.4 Å². The lowest BCUT2D eigenvalue weighted by molar-refractivity contribution is -0.125. The second kappa shape index (κ2) is 10.9. The van der Waals surface area contributed by atoms with Crippen molar-refractivity contribution in [3.8, 4) is 22.8 Å². The molecule has 0 saturated carbocycles. The Kier molecular flexibility index (Phi) is 7.76. The minimum absolute atomic E-state index is 0. The molecule has 3 heterocycles. The lowest BCUT2D eigenvalue weighted by Crippen LogP contribution is -2.27. The van der Waals surface area contributed by atoms with E-state index in [9.17, 15) is 22.4 Å². The van der Waals surface area contributed by atoms with Crippen molar-refractivity contribution in [1.29, 1.82) is 0 Å². The minimum atomic E-state index is -1.75. The predicted octanol–water partition coefficient (Wildman–Crippen LogP) is 5.64. The van der Waals surface area contributed by atoms with Crippen molar-refractivity contribution in [2.24, 2.45) is 0 Å². The normalized spacial score (nSPS) is 14.8. The largest absolute Gasteiger partial charge is 0.451 e. The molecule has 1 aliphatic rings. The maximum absolute atomic E-state index is 15.5. The molecule has 4 aromatic rings. The molecule has 1 atom stereocenters. The Morgan fingerprint density at radius 2 is 1.77 bits per heavy atom. The molecule has 1 saturated heterocycles. The van der Waals surface area contributed by atoms with Crippen LogP contribution in [-0.4, -0.2) is 57.7 Å². The molecule has 0 N–H and O–H groups in total. The van der Waals surface area contributed by atoms with Crippen molar-refractivity contribution in [2.75, 3.05) is 32.1 Å². The third-order valence-electron chi connectivity index (χ3n) is 6.38. The van der Waals surface area contributed by atoms with Crippen LogP contribution in [0.3, 0.4) is 0 Å². The number of amides is 1. The summed E-state index contributed by atoms with van der Waals surface area (Å²) < 4.78 is 77.3. The van der Waals surface area contributed by atoms with Crippen molar-refractivity contribution < 1.29 is 31.5 Å². The third-order valence-corrected chi connectivity index (χ3v) is 6.38. The zero-order valence-electron chi connectivity index (χ0n) is 20.8. The van der Waals surface area contributed by atoms with Gasteiger partial charge in [-0.05, 0) is 24.6 Å². The van der Waals surface area contributed by atoms with Crippen LogP contribution in [0, 0.1) is 29.1 Å². The molecule has 8 nitrogen and oxygen atoms in total. The summed E-state index contributed by atoms with van der Waals surface area (Å²) in [5, 5.41) is 5.09. The molecular formula is C27H25F5N6O2. The van der Waals surface area contributed by atoms with Crippen LogP contribution in [-0.2, 0) is 4.79 Å². The Morgan fingerprint density at radius 1 is 1.07 bits per heavy atom. The fourth-order valence-electron chi connectivity index (χ4n) is 4.52. The van der Waals surface area contributed by atoms with Gasteiger partial charge in [0.05, 0.1) is 11.4 Å². The van der Waals surface area contributed by atoms with E-state index in [1.165, 1.54) is 24.5 Å². The molecule has 0 spiro atoms. The van der Waals surface area contributed by atoms with Gasteiger partial charge in [0.25, 0.3) is 0 Å². The van der Waals surface area contributed by atoms with Crippen LogP contribution in [0.2, 0.25) is 0 Å². The van der Waals surface area contributed by atoms with Crippen LogP contribution in [0.5, 0.6) is 11.5 Å². The number of hydrogen-bond acceptors (Lipinski definition) is 6. The minimum Gasteiger partial charge on any atom is -0.451 e. The number of rotatable bonds is 6. The Bertz CT molecular complexity index is 1600. The highest BCUT2D eigenvalue weighted by atomic mass is 19.2. The predicted molar refractivity (Wildman–Crippen MR) is 139 cm³/mol. The molecule has 40 heavy (non-hydrogen) atoms. The zero-order valence-corrected chi connectivity index (χ0v) is 20.8. The lowest BCUT2D eigenvalue weighted by Gasteiger charge is -2.15. The number of hydrogen-bond donors (Lipinski definition) is 0. The van der Waals surface area contributed by atoms with Gasteiger partial charge in [-0.15, -0.1) is 0 Å². The van der Waals surface area contributed by atoms with E-state index in [0.29, 0.717) is 36.4 Å². The second-order valence-corrected chi connectivity index (χ2v) is 9.06. The topological polar surface area (TPSA) is 76.4 Å². The first kappa shape index (κ1) is 28.5. The Hall–Kier alpha value is -4.55. The molecule has 1 fully saturated rings. The molecule has 2 aromatic carbocycles. The quantitative estimate of drug-likeness (QED) is 0.173. The van der Waals surface area contributed by atoms with E-state index in [1.54, 1.807) is 28.6 Å². The van der Waals surface area contributed by atoms with Gasteiger partial charge in [-0.25, -0.2) is 27.8 Å². The summed E-state index contributed by atoms with van der Waals surface area (Å²) in [5.41, 5.74) is 0.592. The Labute approximate surface area is 226 Å². The van der Waals surface area contributed by atoms with E-state index in [0.717, 1.165) is 6.07 Å². The molecule has 0 bridgehead atoms. The van der Waals surface area contributed by atoms with Crippen LogP contribution in [0.25, 0.3) is 22.3 Å². The van der Waals surface area contributed by atoms with Crippen LogP contribution in [0.1, 0.15) is 19.9 Å². The molecule has 5 rings (SSSR count). The number of aromatic nitrogens is 4. The van der Waals surface area contributed by atoms with E-state index < -0.39 is 40.6 Å². The molecule has 1 aliphatic heterocycles. The Morgan fingerprint density at radius 3 is 2.40 bits per heavy atom. The van der Waals surface area contributed by atoms with Gasteiger partial charge in [0.15, 0.2) is 17.3 Å². The third kappa shape index (κ3) is 4.82. The summed E-state index contributed by atoms with van der Waals surface area (Å²) in [4.78, 5) is 24.1. The number of benzene rings is 2. The van der Waals surface area contributed by atoms with Crippen molar-refractivity contribution >= 4 is 22.8 Å². The highest BCUT2D eigenvalue weighted by Crippen LogP contribution is 2.38. The van der Waals surface area contributed by atoms with E-state index in [-0.39, 0.29) is 36.7 Å². The van der Waals surface area contributed by atoms with Gasteiger partial charge in [0.2, 0.25) is 23.3 Å². The first-order valence-corrected chi connectivity index (χ1v) is 11.7. The van der Waals surface area contributed by atoms with Crippen molar-refractivity contribution in [3.05, 3.63) is 72.3 Å². The number of likely N-dealkylation sites (tertiary alicyclic amines) is 1. The SMILES string of the molecule is C.C=CC(=O)N1CC[C@H](n2nc(-c3ccc(Oc4c(F)c(F)cc(F)c4F)cc3F)c3c(N(C)C)ncnc32)C1. The molecule has 0 radical (unpaired) electrons. The van der Waals surface area contributed by atoms with E-state index >= 15 is 4.39 Å². The summed E-state index contributed by atoms with van der Waals surface area (Å²) >= 11 is 0. The molecule has 0 unspecified atom stereocenters. The molecule has 1 amide bonds. The highest BCUT2D eigenvalue weighted by Gasteiger charge is 2.31. The van der Waals surface area contributed by atoms with Gasteiger partial charge in [-0.1, -0.05) is 14.0 Å². The maximum atomic E-state index is 15.5. The zero-order chi connectivity index (χ0) is 28.0. The monoisotopic (exact) mass is 560 g/mol. The fourth-order valence-corrected chi connectivity index (χ4v) is 4.52. The van der Waals surface area contributed by atoms with Gasteiger partial charge in [-0.2, -0.15) is 13.9 Å². The average molecular weight is 561 g/mol. The van der Waals surface area contributed by atoms with E-state index in [2.05, 4.69) is 21.6 Å². The number of ether oxygens (including phenoxy) is 1. The summed E-state index contributed by atoms with van der Waals surface area (Å²) in [5.74, 6) is -9.21.